The van der Waals surface area contributed by atoms with Gasteiger partial charge in [0.15, 0.2) is 0 Å². The highest BCUT2D eigenvalue weighted by molar-refractivity contribution is 5.90. The Labute approximate surface area is 157 Å². The van der Waals surface area contributed by atoms with E-state index in [0.29, 0.717) is 0 Å². The molecule has 0 aliphatic rings. The van der Waals surface area contributed by atoms with Gasteiger partial charge in [0, 0.05) is 5.56 Å². The van der Waals surface area contributed by atoms with Crippen molar-refractivity contribution in [3.05, 3.63) is 91.0 Å². The first-order valence-corrected chi connectivity index (χ1v) is 8.95. The summed E-state index contributed by atoms with van der Waals surface area (Å²) in [6.45, 7) is 0. The molecule has 0 aliphatic heterocycles. The van der Waals surface area contributed by atoms with Crippen LogP contribution in [0.4, 0.5) is 0 Å². The number of para-hydroxylation sites is 2. The Morgan fingerprint density at radius 3 is 2.22 bits per heavy atom. The number of hydrogen-bond donors (Lipinski definition) is 0. The fourth-order valence-electron chi connectivity index (χ4n) is 3.59. The van der Waals surface area contributed by atoms with Crippen molar-refractivity contribution in [3.8, 4) is 28.1 Å². The van der Waals surface area contributed by atoms with E-state index in [1.54, 1.807) is 7.11 Å². The molecular weight excluding hydrogens is 332 g/mol. The van der Waals surface area contributed by atoms with Gasteiger partial charge in [-0.25, -0.2) is 4.98 Å². The van der Waals surface area contributed by atoms with Gasteiger partial charge in [-0.2, -0.15) is 0 Å². The van der Waals surface area contributed by atoms with E-state index in [0.717, 1.165) is 39.3 Å². The first-order valence-electron chi connectivity index (χ1n) is 8.95. The third kappa shape index (κ3) is 2.56. The molecule has 0 atom stereocenters. The van der Waals surface area contributed by atoms with E-state index in [1.807, 2.05) is 24.3 Å². The third-order valence-electron chi connectivity index (χ3n) is 4.92. The molecule has 5 rings (SSSR count). The molecule has 27 heavy (non-hydrogen) atoms. The van der Waals surface area contributed by atoms with Gasteiger partial charge in [-0.15, -0.1) is 0 Å². The lowest BCUT2D eigenvalue weighted by Crippen LogP contribution is -1.94. The highest BCUT2D eigenvalue weighted by Crippen LogP contribution is 2.33. The molecule has 3 aromatic carbocycles. The van der Waals surface area contributed by atoms with Crippen LogP contribution in [0.3, 0.4) is 0 Å². The fourth-order valence-corrected chi connectivity index (χ4v) is 3.59. The molecule has 3 nitrogen and oxygen atoms in total. The smallest absolute Gasteiger partial charge is 0.146 e. The molecule has 3 heteroatoms. The van der Waals surface area contributed by atoms with Crippen LogP contribution in [0.1, 0.15) is 0 Å². The summed E-state index contributed by atoms with van der Waals surface area (Å²) in [4.78, 5) is 4.95. The minimum atomic E-state index is 0.851. The van der Waals surface area contributed by atoms with Crippen LogP contribution in [-0.2, 0) is 0 Å². The van der Waals surface area contributed by atoms with Gasteiger partial charge in [-0.05, 0) is 47.5 Å². The van der Waals surface area contributed by atoms with Crippen molar-refractivity contribution in [2.75, 3.05) is 7.11 Å². The average molecular weight is 350 g/mol. The number of ether oxygens (including phenoxy) is 1. The maximum atomic E-state index is 5.30. The van der Waals surface area contributed by atoms with Gasteiger partial charge in [-0.3, -0.25) is 4.40 Å². The van der Waals surface area contributed by atoms with Gasteiger partial charge in [0.2, 0.25) is 0 Å². The second kappa shape index (κ2) is 6.29. The van der Waals surface area contributed by atoms with Crippen LogP contribution < -0.4 is 4.74 Å². The van der Waals surface area contributed by atoms with E-state index in [-0.39, 0.29) is 0 Å². The van der Waals surface area contributed by atoms with E-state index in [4.69, 9.17) is 9.72 Å². The second-order valence-electron chi connectivity index (χ2n) is 6.49. The van der Waals surface area contributed by atoms with Crippen LogP contribution in [0.2, 0.25) is 0 Å². The van der Waals surface area contributed by atoms with Crippen molar-refractivity contribution in [1.29, 1.82) is 0 Å². The summed E-state index contributed by atoms with van der Waals surface area (Å²) in [5.41, 5.74) is 7.60. The molecule has 0 spiro atoms. The first kappa shape index (κ1) is 15.6. The van der Waals surface area contributed by atoms with Gasteiger partial charge in [0.25, 0.3) is 0 Å². The van der Waals surface area contributed by atoms with Crippen LogP contribution >= 0.6 is 0 Å². The van der Waals surface area contributed by atoms with Crippen LogP contribution in [0.25, 0.3) is 39.1 Å². The lowest BCUT2D eigenvalue weighted by Gasteiger charge is -2.11. The molecule has 2 heterocycles. The summed E-state index contributed by atoms with van der Waals surface area (Å²) in [6.07, 6.45) is 0. The summed E-state index contributed by atoms with van der Waals surface area (Å²) in [5, 5.41) is 0. The SMILES string of the molecule is COc1ccc(-c2ccc(-c3ccccc3)n3c2nc2ccccc23)cc1. The molecule has 0 saturated heterocycles. The molecule has 5 aromatic rings. The standard InChI is InChI=1S/C24H18N2O/c1-27-19-13-11-17(12-14-19)20-15-16-22(18-7-3-2-4-8-18)26-23-10-6-5-9-21(23)25-24(20)26/h2-16H,1H3. The van der Waals surface area contributed by atoms with Crippen molar-refractivity contribution < 1.29 is 4.74 Å². The van der Waals surface area contributed by atoms with Crippen LogP contribution in [-0.4, -0.2) is 16.5 Å². The Kier molecular flexibility index (Phi) is 3.65. The van der Waals surface area contributed by atoms with E-state index in [9.17, 15) is 0 Å². The number of methoxy groups -OCH3 is 1. The van der Waals surface area contributed by atoms with Gasteiger partial charge < -0.3 is 4.74 Å². The maximum absolute atomic E-state index is 5.30. The van der Waals surface area contributed by atoms with Crippen molar-refractivity contribution in [2.45, 2.75) is 0 Å². The van der Waals surface area contributed by atoms with E-state index in [1.165, 1.54) is 5.56 Å². The summed E-state index contributed by atoms with van der Waals surface area (Å²) < 4.78 is 7.55. The molecule has 0 bridgehead atoms. The van der Waals surface area contributed by atoms with E-state index < -0.39 is 0 Å². The summed E-state index contributed by atoms with van der Waals surface area (Å²) in [6, 6.07) is 31.2. The van der Waals surface area contributed by atoms with E-state index >= 15 is 0 Å². The number of rotatable bonds is 3. The monoisotopic (exact) mass is 350 g/mol. The number of pyridine rings is 1. The first-order chi connectivity index (χ1) is 13.3. The number of fused-ring (bicyclic) bond motifs is 3. The average Bonchev–Trinajstić information content (AvgIpc) is 3.13. The normalized spacial score (nSPS) is 11.1. The highest BCUT2D eigenvalue weighted by atomic mass is 16.5. The Hall–Kier alpha value is -3.59. The molecule has 0 radical (unpaired) electrons. The Morgan fingerprint density at radius 2 is 1.44 bits per heavy atom. The second-order valence-corrected chi connectivity index (χ2v) is 6.49. The van der Waals surface area contributed by atoms with Crippen molar-refractivity contribution in [3.63, 3.8) is 0 Å². The minimum absolute atomic E-state index is 0.851. The van der Waals surface area contributed by atoms with Crippen molar-refractivity contribution in [1.82, 2.24) is 9.38 Å². The van der Waals surface area contributed by atoms with Gasteiger partial charge in [0.05, 0.1) is 23.8 Å². The Balaban J connectivity index is 1.84. The number of hydrogen-bond acceptors (Lipinski definition) is 2. The molecule has 0 aliphatic carbocycles. The summed E-state index contributed by atoms with van der Waals surface area (Å²) in [5.74, 6) is 0.851. The Morgan fingerprint density at radius 1 is 0.704 bits per heavy atom. The predicted octanol–water partition coefficient (Wildman–Crippen LogP) is 5.83. The number of imidazole rings is 1. The summed E-state index contributed by atoms with van der Waals surface area (Å²) >= 11 is 0. The molecular formula is C24H18N2O. The number of nitrogens with zero attached hydrogens (tertiary/aromatic N) is 2. The van der Waals surface area contributed by atoms with Crippen LogP contribution in [0.5, 0.6) is 5.75 Å². The highest BCUT2D eigenvalue weighted by Gasteiger charge is 2.14. The number of aromatic nitrogens is 2. The molecule has 0 fully saturated rings. The van der Waals surface area contributed by atoms with Gasteiger partial charge in [-0.1, -0.05) is 54.6 Å². The van der Waals surface area contributed by atoms with Crippen molar-refractivity contribution in [2.24, 2.45) is 0 Å². The van der Waals surface area contributed by atoms with Gasteiger partial charge in [0.1, 0.15) is 11.4 Å². The van der Waals surface area contributed by atoms with Gasteiger partial charge >= 0.3 is 0 Å². The molecule has 130 valence electrons. The quantitative estimate of drug-likeness (QED) is 0.409. The molecule has 0 amide bonds. The van der Waals surface area contributed by atoms with Crippen LogP contribution in [0.15, 0.2) is 91.0 Å². The summed E-state index contributed by atoms with van der Waals surface area (Å²) in [7, 11) is 1.68. The van der Waals surface area contributed by atoms with E-state index in [2.05, 4.69) is 71.1 Å². The molecule has 0 saturated carbocycles. The predicted molar refractivity (Wildman–Crippen MR) is 110 cm³/mol. The lowest BCUT2D eigenvalue weighted by atomic mass is 10.0. The topological polar surface area (TPSA) is 26.5 Å². The maximum Gasteiger partial charge on any atom is 0.146 e. The van der Waals surface area contributed by atoms with Crippen LogP contribution in [0, 0.1) is 0 Å². The zero-order chi connectivity index (χ0) is 18.2. The molecule has 0 unspecified atom stereocenters. The molecule has 2 aromatic heterocycles. The fraction of sp³-hybridized carbons (Fsp3) is 0.0417. The zero-order valence-electron chi connectivity index (χ0n) is 15.0. The lowest BCUT2D eigenvalue weighted by molar-refractivity contribution is 0.415. The minimum Gasteiger partial charge on any atom is -0.497 e. The number of benzene rings is 3. The van der Waals surface area contributed by atoms with Crippen molar-refractivity contribution >= 4 is 16.7 Å². The third-order valence-corrected chi connectivity index (χ3v) is 4.92. The largest absolute Gasteiger partial charge is 0.497 e. The molecule has 0 N–H and O–H groups in total. The Bertz CT molecular complexity index is 1240. The zero-order valence-corrected chi connectivity index (χ0v) is 15.0.